The number of nitrogens with zero attached hydrogens (tertiary/aromatic N) is 1. The first kappa shape index (κ1) is 12.6. The van der Waals surface area contributed by atoms with Crippen LogP contribution in [0.5, 0.6) is 11.5 Å². The standard InChI is InChI=1S/C13H10ClN3O3/c14-11-2-1-3-12(16-11)17-13(18)7-4-9-10(5-8(7)15)20-6-19-9/h1-5H,6,15H2,(H,16,17,18). The topological polar surface area (TPSA) is 86.5 Å². The number of aromatic nitrogens is 1. The van der Waals surface area contributed by atoms with Crippen LogP contribution in [0.4, 0.5) is 11.5 Å². The number of amides is 1. The lowest BCUT2D eigenvalue weighted by molar-refractivity contribution is 0.102. The summed E-state index contributed by atoms with van der Waals surface area (Å²) in [5.41, 5.74) is 6.42. The van der Waals surface area contributed by atoms with Gasteiger partial charge in [-0.15, -0.1) is 0 Å². The van der Waals surface area contributed by atoms with Crippen LogP contribution in [0, 0.1) is 0 Å². The van der Waals surface area contributed by atoms with Gasteiger partial charge in [0.1, 0.15) is 11.0 Å². The lowest BCUT2D eigenvalue weighted by atomic mass is 10.1. The molecule has 1 amide bonds. The summed E-state index contributed by atoms with van der Waals surface area (Å²) < 4.78 is 10.4. The summed E-state index contributed by atoms with van der Waals surface area (Å²) in [4.78, 5) is 16.2. The second-order valence-electron chi connectivity index (χ2n) is 4.09. The van der Waals surface area contributed by atoms with E-state index in [1.54, 1.807) is 24.3 Å². The van der Waals surface area contributed by atoms with Crippen molar-refractivity contribution in [3.8, 4) is 11.5 Å². The van der Waals surface area contributed by atoms with Crippen LogP contribution in [0.3, 0.4) is 0 Å². The third kappa shape index (κ3) is 2.33. The van der Waals surface area contributed by atoms with E-state index in [4.69, 9.17) is 26.8 Å². The molecule has 3 N–H and O–H groups in total. The zero-order valence-electron chi connectivity index (χ0n) is 10.2. The largest absolute Gasteiger partial charge is 0.454 e. The molecule has 6 nitrogen and oxygen atoms in total. The summed E-state index contributed by atoms with van der Waals surface area (Å²) in [5, 5.41) is 2.91. The Balaban J connectivity index is 1.87. The molecule has 0 aliphatic carbocycles. The van der Waals surface area contributed by atoms with Gasteiger partial charge in [-0.05, 0) is 18.2 Å². The van der Waals surface area contributed by atoms with Gasteiger partial charge < -0.3 is 20.5 Å². The molecule has 7 heteroatoms. The number of ether oxygens (including phenoxy) is 2. The van der Waals surface area contributed by atoms with Crippen LogP contribution >= 0.6 is 11.6 Å². The summed E-state index contributed by atoms with van der Waals surface area (Å²) in [6, 6.07) is 8.03. The maximum atomic E-state index is 12.2. The van der Waals surface area contributed by atoms with E-state index >= 15 is 0 Å². The number of fused-ring (bicyclic) bond motifs is 1. The highest BCUT2D eigenvalue weighted by molar-refractivity contribution is 6.29. The molecule has 1 aromatic carbocycles. The SMILES string of the molecule is Nc1cc2c(cc1C(=O)Nc1cccc(Cl)n1)OCO2. The second-order valence-corrected chi connectivity index (χ2v) is 4.48. The number of nitrogens with two attached hydrogens (primary N) is 1. The first-order chi connectivity index (χ1) is 9.63. The van der Waals surface area contributed by atoms with E-state index in [1.807, 2.05) is 0 Å². The van der Waals surface area contributed by atoms with Crippen LogP contribution in [0.2, 0.25) is 5.15 Å². The fraction of sp³-hybridized carbons (Fsp3) is 0.0769. The normalized spacial score (nSPS) is 12.2. The Morgan fingerprint density at radius 2 is 2.05 bits per heavy atom. The number of nitrogens with one attached hydrogen (secondary N) is 1. The number of halogens is 1. The van der Waals surface area contributed by atoms with Gasteiger partial charge in [-0.3, -0.25) is 4.79 Å². The first-order valence-corrected chi connectivity index (χ1v) is 6.14. The average molecular weight is 292 g/mol. The van der Waals surface area contributed by atoms with Crippen molar-refractivity contribution < 1.29 is 14.3 Å². The smallest absolute Gasteiger partial charge is 0.259 e. The van der Waals surface area contributed by atoms with E-state index < -0.39 is 5.91 Å². The molecule has 102 valence electrons. The van der Waals surface area contributed by atoms with Crippen LogP contribution in [-0.2, 0) is 0 Å². The Kier molecular flexibility index (Phi) is 3.08. The van der Waals surface area contributed by atoms with E-state index in [9.17, 15) is 4.79 Å². The molecule has 2 aromatic rings. The van der Waals surface area contributed by atoms with Crippen molar-refractivity contribution in [2.75, 3.05) is 17.8 Å². The third-order valence-electron chi connectivity index (χ3n) is 2.75. The van der Waals surface area contributed by atoms with Gasteiger partial charge in [0.25, 0.3) is 5.91 Å². The van der Waals surface area contributed by atoms with E-state index in [0.717, 1.165) is 0 Å². The van der Waals surface area contributed by atoms with Gasteiger partial charge in [0.15, 0.2) is 11.5 Å². The lowest BCUT2D eigenvalue weighted by Gasteiger charge is -2.08. The molecule has 0 atom stereocenters. The number of benzene rings is 1. The summed E-state index contributed by atoms with van der Waals surface area (Å²) >= 11 is 5.76. The van der Waals surface area contributed by atoms with Crippen molar-refractivity contribution in [1.82, 2.24) is 4.98 Å². The number of carbonyl (C=O) groups is 1. The molecular weight excluding hydrogens is 282 g/mol. The molecule has 0 bridgehead atoms. The maximum absolute atomic E-state index is 12.2. The van der Waals surface area contributed by atoms with Crippen molar-refractivity contribution in [2.45, 2.75) is 0 Å². The number of hydrogen-bond acceptors (Lipinski definition) is 5. The van der Waals surface area contributed by atoms with Crippen LogP contribution in [0.1, 0.15) is 10.4 Å². The van der Waals surface area contributed by atoms with Crippen molar-refractivity contribution in [2.24, 2.45) is 0 Å². The highest BCUT2D eigenvalue weighted by atomic mass is 35.5. The Bertz CT molecular complexity index is 691. The fourth-order valence-corrected chi connectivity index (χ4v) is 1.98. The van der Waals surface area contributed by atoms with Crippen molar-refractivity contribution in [3.05, 3.63) is 41.0 Å². The van der Waals surface area contributed by atoms with E-state index in [2.05, 4.69) is 10.3 Å². The zero-order chi connectivity index (χ0) is 14.1. The molecule has 1 aliphatic heterocycles. The molecule has 0 radical (unpaired) electrons. The Morgan fingerprint density at radius 3 is 2.80 bits per heavy atom. The average Bonchev–Trinajstić information content (AvgIpc) is 2.84. The van der Waals surface area contributed by atoms with Gasteiger partial charge in [0, 0.05) is 11.8 Å². The van der Waals surface area contributed by atoms with Crippen molar-refractivity contribution in [1.29, 1.82) is 0 Å². The Morgan fingerprint density at radius 1 is 1.30 bits per heavy atom. The first-order valence-electron chi connectivity index (χ1n) is 5.76. The van der Waals surface area contributed by atoms with Gasteiger partial charge in [0.2, 0.25) is 6.79 Å². The Labute approximate surface area is 119 Å². The van der Waals surface area contributed by atoms with Crippen molar-refractivity contribution in [3.63, 3.8) is 0 Å². The van der Waals surface area contributed by atoms with Crippen LogP contribution in [0.25, 0.3) is 0 Å². The number of nitrogen functional groups attached to an aromatic ring is 1. The molecule has 2 heterocycles. The Hall–Kier alpha value is -2.47. The monoisotopic (exact) mass is 291 g/mol. The number of rotatable bonds is 2. The number of anilines is 2. The van der Waals surface area contributed by atoms with E-state index in [1.165, 1.54) is 6.07 Å². The molecule has 0 spiro atoms. The van der Waals surface area contributed by atoms with Gasteiger partial charge in [0.05, 0.1) is 5.56 Å². The molecule has 20 heavy (non-hydrogen) atoms. The predicted octanol–water partition coefficient (Wildman–Crippen LogP) is 2.30. The quantitative estimate of drug-likeness (QED) is 0.655. The predicted molar refractivity (Wildman–Crippen MR) is 74.2 cm³/mol. The van der Waals surface area contributed by atoms with Crippen molar-refractivity contribution >= 4 is 29.0 Å². The highest BCUT2D eigenvalue weighted by Gasteiger charge is 2.19. The van der Waals surface area contributed by atoms with E-state index in [0.29, 0.717) is 28.2 Å². The second kappa shape index (κ2) is 4.90. The minimum Gasteiger partial charge on any atom is -0.454 e. The molecule has 1 aromatic heterocycles. The minimum absolute atomic E-state index is 0.121. The summed E-state index contributed by atoms with van der Waals surface area (Å²) in [6.45, 7) is 0.121. The fourth-order valence-electron chi connectivity index (χ4n) is 1.82. The van der Waals surface area contributed by atoms with Crippen LogP contribution < -0.4 is 20.5 Å². The molecule has 0 saturated heterocycles. The summed E-state index contributed by atoms with van der Waals surface area (Å²) in [5.74, 6) is 0.971. The van der Waals surface area contributed by atoms with Crippen LogP contribution in [0.15, 0.2) is 30.3 Å². The minimum atomic E-state index is -0.393. The molecule has 0 saturated carbocycles. The number of hydrogen-bond donors (Lipinski definition) is 2. The number of carbonyl (C=O) groups excluding carboxylic acids is 1. The van der Waals surface area contributed by atoms with Gasteiger partial charge >= 0.3 is 0 Å². The molecule has 1 aliphatic rings. The summed E-state index contributed by atoms with van der Waals surface area (Å²) in [7, 11) is 0. The molecule has 3 rings (SSSR count). The maximum Gasteiger partial charge on any atom is 0.259 e. The zero-order valence-corrected chi connectivity index (χ0v) is 11.0. The summed E-state index contributed by atoms with van der Waals surface area (Å²) in [6.07, 6.45) is 0. The van der Waals surface area contributed by atoms with Gasteiger partial charge in [-0.1, -0.05) is 17.7 Å². The van der Waals surface area contributed by atoms with E-state index in [-0.39, 0.29) is 12.4 Å². The third-order valence-corrected chi connectivity index (χ3v) is 2.96. The molecule has 0 fully saturated rings. The molecular formula is C13H10ClN3O3. The van der Waals surface area contributed by atoms with Gasteiger partial charge in [-0.25, -0.2) is 4.98 Å². The molecule has 0 unspecified atom stereocenters. The van der Waals surface area contributed by atoms with Crippen LogP contribution in [-0.4, -0.2) is 17.7 Å². The highest BCUT2D eigenvalue weighted by Crippen LogP contribution is 2.36. The number of pyridine rings is 1. The lowest BCUT2D eigenvalue weighted by Crippen LogP contribution is -2.14. The van der Waals surface area contributed by atoms with Gasteiger partial charge in [-0.2, -0.15) is 0 Å².